The van der Waals surface area contributed by atoms with E-state index in [1.807, 2.05) is 24.0 Å². The number of hydrogen-bond acceptors (Lipinski definition) is 4. The third-order valence-corrected chi connectivity index (χ3v) is 3.66. The van der Waals surface area contributed by atoms with Gasteiger partial charge in [0.25, 0.3) is 0 Å². The first kappa shape index (κ1) is 11.3. The van der Waals surface area contributed by atoms with Gasteiger partial charge in [0.05, 0.1) is 6.04 Å². The minimum Gasteiger partial charge on any atom is -0.338 e. The fourth-order valence-corrected chi connectivity index (χ4v) is 2.67. The molecule has 0 amide bonds. The van der Waals surface area contributed by atoms with E-state index in [2.05, 4.69) is 28.1 Å². The number of hydrazine groups is 1. The molecule has 4 nitrogen and oxygen atoms in total. The van der Waals surface area contributed by atoms with Crippen LogP contribution in [0.25, 0.3) is 0 Å². The molecule has 2 aromatic rings. The van der Waals surface area contributed by atoms with Gasteiger partial charge in [0, 0.05) is 25.9 Å². The number of nitrogens with two attached hydrogens (primary N) is 1. The van der Waals surface area contributed by atoms with Crippen molar-refractivity contribution in [1.82, 2.24) is 15.0 Å². The molecule has 3 N–H and O–H groups in total. The average molecular weight is 236 g/mol. The molecule has 2 heterocycles. The molecule has 1 unspecified atom stereocenters. The van der Waals surface area contributed by atoms with Crippen LogP contribution in [0.15, 0.2) is 23.2 Å². The van der Waals surface area contributed by atoms with Crippen molar-refractivity contribution in [3.05, 3.63) is 40.1 Å². The van der Waals surface area contributed by atoms with Gasteiger partial charge in [-0.05, 0) is 28.8 Å². The van der Waals surface area contributed by atoms with E-state index in [9.17, 15) is 0 Å². The predicted octanol–water partition coefficient (Wildman–Crippen LogP) is 1.54. The molecule has 0 aliphatic carbocycles. The Bertz CT molecular complexity index is 460. The van der Waals surface area contributed by atoms with Gasteiger partial charge in [0.2, 0.25) is 0 Å². The number of rotatable bonds is 4. The molecule has 0 spiro atoms. The van der Waals surface area contributed by atoms with Gasteiger partial charge in [-0.2, -0.15) is 11.3 Å². The number of thiophene rings is 1. The number of imidazole rings is 1. The van der Waals surface area contributed by atoms with Gasteiger partial charge in [-0.1, -0.05) is 0 Å². The molecule has 0 aliphatic heterocycles. The highest BCUT2D eigenvalue weighted by atomic mass is 32.1. The zero-order valence-electron chi connectivity index (χ0n) is 9.47. The Labute approximate surface area is 99.1 Å². The highest BCUT2D eigenvalue weighted by molar-refractivity contribution is 7.08. The van der Waals surface area contributed by atoms with Crippen LogP contribution in [-0.2, 0) is 13.5 Å². The molecule has 0 bridgehead atoms. The summed E-state index contributed by atoms with van der Waals surface area (Å²) in [6, 6.07) is 0.132. The lowest BCUT2D eigenvalue weighted by Gasteiger charge is -2.15. The Morgan fingerprint density at radius 2 is 2.38 bits per heavy atom. The van der Waals surface area contributed by atoms with E-state index >= 15 is 0 Å². The number of hydrogen-bond donors (Lipinski definition) is 2. The zero-order chi connectivity index (χ0) is 11.5. The Hall–Kier alpha value is -1.17. The molecule has 0 aromatic carbocycles. The average Bonchev–Trinajstić information content (AvgIpc) is 2.85. The van der Waals surface area contributed by atoms with Crippen LogP contribution in [0.1, 0.15) is 23.0 Å². The second kappa shape index (κ2) is 4.78. The molecule has 86 valence electrons. The summed E-state index contributed by atoms with van der Waals surface area (Å²) >= 11 is 1.70. The van der Waals surface area contributed by atoms with E-state index in [0.717, 1.165) is 12.2 Å². The normalized spacial score (nSPS) is 12.9. The van der Waals surface area contributed by atoms with Gasteiger partial charge in [-0.3, -0.25) is 11.3 Å². The molecule has 2 aromatic heterocycles. The van der Waals surface area contributed by atoms with Crippen LogP contribution < -0.4 is 11.3 Å². The number of nitrogens with one attached hydrogen (secondary N) is 1. The standard InChI is InChI=1S/C11H16N4S/c1-8-6-16-7-9(8)10(14-12)5-11-13-3-4-15(11)2/h3-4,6-7,10,14H,5,12H2,1-2H3. The van der Waals surface area contributed by atoms with Gasteiger partial charge in [0.15, 0.2) is 0 Å². The van der Waals surface area contributed by atoms with Gasteiger partial charge in [0.1, 0.15) is 5.82 Å². The lowest BCUT2D eigenvalue weighted by atomic mass is 10.0. The number of aryl methyl sites for hydroxylation is 2. The van der Waals surface area contributed by atoms with Crippen molar-refractivity contribution in [2.45, 2.75) is 19.4 Å². The van der Waals surface area contributed by atoms with Gasteiger partial charge >= 0.3 is 0 Å². The quantitative estimate of drug-likeness (QED) is 0.625. The minimum atomic E-state index is 0.132. The van der Waals surface area contributed by atoms with Crippen molar-refractivity contribution in [2.75, 3.05) is 0 Å². The highest BCUT2D eigenvalue weighted by Crippen LogP contribution is 2.23. The summed E-state index contributed by atoms with van der Waals surface area (Å²) in [6.07, 6.45) is 4.56. The van der Waals surface area contributed by atoms with Crippen molar-refractivity contribution >= 4 is 11.3 Å². The van der Waals surface area contributed by atoms with Crippen molar-refractivity contribution in [2.24, 2.45) is 12.9 Å². The third kappa shape index (κ3) is 2.16. The maximum atomic E-state index is 5.62. The minimum absolute atomic E-state index is 0.132. The van der Waals surface area contributed by atoms with Gasteiger partial charge < -0.3 is 4.57 Å². The Kier molecular flexibility index (Phi) is 3.38. The molecule has 16 heavy (non-hydrogen) atoms. The van der Waals surface area contributed by atoms with Crippen LogP contribution in [0.5, 0.6) is 0 Å². The van der Waals surface area contributed by atoms with Crippen molar-refractivity contribution in [3.8, 4) is 0 Å². The second-order valence-corrected chi connectivity index (χ2v) is 4.63. The largest absolute Gasteiger partial charge is 0.338 e. The van der Waals surface area contributed by atoms with Crippen LogP contribution in [-0.4, -0.2) is 9.55 Å². The van der Waals surface area contributed by atoms with Crippen molar-refractivity contribution < 1.29 is 0 Å². The van der Waals surface area contributed by atoms with E-state index in [-0.39, 0.29) is 6.04 Å². The van der Waals surface area contributed by atoms with Crippen LogP contribution in [0.4, 0.5) is 0 Å². The van der Waals surface area contributed by atoms with Gasteiger partial charge in [-0.15, -0.1) is 0 Å². The molecule has 0 fully saturated rings. The summed E-state index contributed by atoms with van der Waals surface area (Å²) in [5, 5.41) is 4.28. The second-order valence-electron chi connectivity index (χ2n) is 3.89. The summed E-state index contributed by atoms with van der Waals surface area (Å²) in [5.74, 6) is 6.65. The molecule has 0 radical (unpaired) electrons. The van der Waals surface area contributed by atoms with E-state index in [1.54, 1.807) is 11.3 Å². The highest BCUT2D eigenvalue weighted by Gasteiger charge is 2.15. The predicted molar refractivity (Wildman–Crippen MR) is 66.0 cm³/mol. The Morgan fingerprint density at radius 1 is 1.56 bits per heavy atom. The smallest absolute Gasteiger partial charge is 0.110 e. The maximum Gasteiger partial charge on any atom is 0.110 e. The molecule has 1 atom stereocenters. The SMILES string of the molecule is Cc1cscc1C(Cc1nccn1C)NN. The lowest BCUT2D eigenvalue weighted by molar-refractivity contribution is 0.529. The molecule has 5 heteroatoms. The molecule has 0 saturated heterocycles. The van der Waals surface area contributed by atoms with E-state index < -0.39 is 0 Å². The van der Waals surface area contributed by atoms with Crippen LogP contribution in [0.2, 0.25) is 0 Å². The summed E-state index contributed by atoms with van der Waals surface area (Å²) in [7, 11) is 2.00. The Balaban J connectivity index is 2.19. The van der Waals surface area contributed by atoms with Crippen LogP contribution in [0, 0.1) is 6.92 Å². The zero-order valence-corrected chi connectivity index (χ0v) is 10.3. The lowest BCUT2D eigenvalue weighted by Crippen LogP contribution is -2.30. The van der Waals surface area contributed by atoms with Gasteiger partial charge in [-0.25, -0.2) is 4.98 Å². The molecule has 0 aliphatic rings. The van der Waals surface area contributed by atoms with Crippen LogP contribution in [0.3, 0.4) is 0 Å². The van der Waals surface area contributed by atoms with E-state index in [4.69, 9.17) is 5.84 Å². The fourth-order valence-electron chi connectivity index (χ4n) is 1.76. The summed E-state index contributed by atoms with van der Waals surface area (Å²) in [4.78, 5) is 4.31. The first-order valence-electron chi connectivity index (χ1n) is 5.17. The summed E-state index contributed by atoms with van der Waals surface area (Å²) in [5.41, 5.74) is 5.40. The molecule has 0 saturated carbocycles. The number of aromatic nitrogens is 2. The van der Waals surface area contributed by atoms with Crippen molar-refractivity contribution in [3.63, 3.8) is 0 Å². The first-order chi connectivity index (χ1) is 7.72. The fraction of sp³-hybridized carbons (Fsp3) is 0.364. The number of nitrogens with zero attached hydrogens (tertiary/aromatic N) is 2. The summed E-state index contributed by atoms with van der Waals surface area (Å²) < 4.78 is 2.02. The van der Waals surface area contributed by atoms with E-state index in [1.165, 1.54) is 11.1 Å². The molecular formula is C11H16N4S. The summed E-state index contributed by atoms with van der Waals surface area (Å²) in [6.45, 7) is 2.11. The molecular weight excluding hydrogens is 220 g/mol. The first-order valence-corrected chi connectivity index (χ1v) is 6.11. The monoisotopic (exact) mass is 236 g/mol. The molecule has 2 rings (SSSR count). The van der Waals surface area contributed by atoms with Crippen molar-refractivity contribution in [1.29, 1.82) is 0 Å². The maximum absolute atomic E-state index is 5.62. The van der Waals surface area contributed by atoms with Crippen LogP contribution >= 0.6 is 11.3 Å². The Morgan fingerprint density at radius 3 is 2.88 bits per heavy atom. The third-order valence-electron chi connectivity index (χ3n) is 2.78. The topological polar surface area (TPSA) is 55.9 Å². The van der Waals surface area contributed by atoms with E-state index in [0.29, 0.717) is 0 Å².